The molecule has 0 amide bonds. The standard InChI is InChI=1S/C14H14N2O2/c1-14(13(17)18,11-6-3-2-4-7-11)12-8-5-9-15-16-10-12/h2-10,15H,1H3,(H,17,18). The van der Waals surface area contributed by atoms with Crippen molar-refractivity contribution < 1.29 is 9.90 Å². The Morgan fingerprint density at radius 2 is 2.06 bits per heavy atom. The van der Waals surface area contributed by atoms with Gasteiger partial charge in [-0.2, -0.15) is 5.10 Å². The minimum atomic E-state index is -1.11. The number of nitrogens with zero attached hydrogens (tertiary/aromatic N) is 1. The summed E-state index contributed by atoms with van der Waals surface area (Å²) in [5.74, 6) is -0.901. The first kappa shape index (κ1) is 12.1. The van der Waals surface area contributed by atoms with Crippen LogP contribution in [-0.2, 0) is 10.2 Å². The number of carbonyl (C=O) groups is 1. The van der Waals surface area contributed by atoms with Gasteiger partial charge in [0, 0.05) is 6.20 Å². The Morgan fingerprint density at radius 1 is 1.33 bits per heavy atom. The highest BCUT2D eigenvalue weighted by molar-refractivity contribution is 5.96. The van der Waals surface area contributed by atoms with Gasteiger partial charge in [0.25, 0.3) is 0 Å². The normalized spacial score (nSPS) is 17.3. The molecule has 0 spiro atoms. The van der Waals surface area contributed by atoms with Crippen LogP contribution in [0.25, 0.3) is 0 Å². The summed E-state index contributed by atoms with van der Waals surface area (Å²) in [6, 6.07) is 9.15. The van der Waals surface area contributed by atoms with E-state index in [0.29, 0.717) is 5.57 Å². The number of rotatable bonds is 3. The maximum absolute atomic E-state index is 11.7. The number of nitrogens with one attached hydrogen (secondary N) is 1. The average molecular weight is 242 g/mol. The number of allylic oxidation sites excluding steroid dienone is 2. The Balaban J connectivity index is 2.55. The molecule has 1 unspecified atom stereocenters. The molecule has 0 aliphatic carbocycles. The van der Waals surface area contributed by atoms with Gasteiger partial charge in [-0.3, -0.25) is 10.2 Å². The molecular formula is C14H14N2O2. The second-order valence-corrected chi connectivity index (χ2v) is 4.16. The molecule has 0 fully saturated rings. The van der Waals surface area contributed by atoms with Crippen LogP contribution in [0, 0.1) is 0 Å². The van der Waals surface area contributed by atoms with Crippen molar-refractivity contribution >= 4 is 12.2 Å². The zero-order chi connectivity index (χ0) is 13.0. The molecule has 92 valence electrons. The molecule has 2 rings (SSSR count). The van der Waals surface area contributed by atoms with Crippen molar-refractivity contribution in [2.45, 2.75) is 12.3 Å². The highest BCUT2D eigenvalue weighted by Gasteiger charge is 2.38. The van der Waals surface area contributed by atoms with Crippen molar-refractivity contribution in [3.8, 4) is 0 Å². The van der Waals surface area contributed by atoms with E-state index in [0.717, 1.165) is 5.56 Å². The maximum atomic E-state index is 11.7. The Kier molecular flexibility index (Phi) is 3.28. The number of aliphatic carboxylic acids is 1. The molecule has 2 N–H and O–H groups in total. The van der Waals surface area contributed by atoms with Crippen LogP contribution >= 0.6 is 0 Å². The Hall–Kier alpha value is -2.36. The summed E-state index contributed by atoms with van der Waals surface area (Å²) < 4.78 is 0. The third-order valence-electron chi connectivity index (χ3n) is 3.08. The van der Waals surface area contributed by atoms with Gasteiger partial charge in [-0.15, -0.1) is 0 Å². The Labute approximate surface area is 105 Å². The molecule has 4 heteroatoms. The summed E-state index contributed by atoms with van der Waals surface area (Å²) in [6.07, 6.45) is 6.69. The van der Waals surface area contributed by atoms with Crippen LogP contribution in [0.15, 0.2) is 59.4 Å². The molecule has 0 saturated carbocycles. The van der Waals surface area contributed by atoms with Gasteiger partial charge in [-0.1, -0.05) is 36.4 Å². The molecule has 0 bridgehead atoms. The predicted octanol–water partition coefficient (Wildman–Crippen LogP) is 2.06. The topological polar surface area (TPSA) is 61.7 Å². The third-order valence-corrected chi connectivity index (χ3v) is 3.08. The molecule has 0 saturated heterocycles. The van der Waals surface area contributed by atoms with E-state index in [1.165, 1.54) is 0 Å². The van der Waals surface area contributed by atoms with Crippen molar-refractivity contribution in [2.24, 2.45) is 5.10 Å². The second-order valence-electron chi connectivity index (χ2n) is 4.16. The maximum Gasteiger partial charge on any atom is 0.318 e. The van der Waals surface area contributed by atoms with Gasteiger partial charge in [0.1, 0.15) is 5.41 Å². The number of hydrogen-bond acceptors (Lipinski definition) is 3. The summed E-state index contributed by atoms with van der Waals surface area (Å²) in [6.45, 7) is 1.68. The minimum Gasteiger partial charge on any atom is -0.480 e. The third kappa shape index (κ3) is 2.05. The van der Waals surface area contributed by atoms with Gasteiger partial charge in [-0.25, -0.2) is 0 Å². The van der Waals surface area contributed by atoms with E-state index in [1.54, 1.807) is 31.5 Å². The van der Waals surface area contributed by atoms with E-state index in [2.05, 4.69) is 10.5 Å². The van der Waals surface area contributed by atoms with Gasteiger partial charge in [-0.05, 0) is 24.1 Å². The van der Waals surface area contributed by atoms with Gasteiger partial charge >= 0.3 is 5.97 Å². The molecule has 1 aliphatic heterocycles. The van der Waals surface area contributed by atoms with E-state index < -0.39 is 11.4 Å². The van der Waals surface area contributed by atoms with Crippen LogP contribution < -0.4 is 5.43 Å². The van der Waals surface area contributed by atoms with E-state index in [1.807, 2.05) is 30.3 Å². The quantitative estimate of drug-likeness (QED) is 0.852. The van der Waals surface area contributed by atoms with Crippen LogP contribution in [0.2, 0.25) is 0 Å². The molecule has 0 aromatic heterocycles. The number of carboxylic acids is 1. The second kappa shape index (κ2) is 4.87. The SMILES string of the molecule is CC(C(=O)O)(C1=CC=CNN=C1)c1ccccc1. The van der Waals surface area contributed by atoms with Crippen molar-refractivity contribution in [3.05, 3.63) is 59.8 Å². The van der Waals surface area contributed by atoms with Crippen LogP contribution in [0.1, 0.15) is 12.5 Å². The summed E-state index contributed by atoms with van der Waals surface area (Å²) in [5.41, 5.74) is 2.93. The molecule has 1 aromatic carbocycles. The van der Waals surface area contributed by atoms with Crippen molar-refractivity contribution in [2.75, 3.05) is 0 Å². The first-order valence-corrected chi connectivity index (χ1v) is 5.60. The number of carboxylic acid groups (broad SMARTS) is 1. The molecule has 4 nitrogen and oxygen atoms in total. The number of hydrazone groups is 1. The minimum absolute atomic E-state index is 0.627. The lowest BCUT2D eigenvalue weighted by Gasteiger charge is -2.26. The van der Waals surface area contributed by atoms with Gasteiger partial charge < -0.3 is 5.11 Å². The van der Waals surface area contributed by atoms with Gasteiger partial charge in [0.15, 0.2) is 0 Å². The van der Waals surface area contributed by atoms with Crippen LogP contribution in [-0.4, -0.2) is 17.3 Å². The summed E-state index contributed by atoms with van der Waals surface area (Å²) in [5, 5.41) is 13.5. The summed E-state index contributed by atoms with van der Waals surface area (Å²) >= 11 is 0. The van der Waals surface area contributed by atoms with Crippen molar-refractivity contribution in [1.82, 2.24) is 5.43 Å². The Morgan fingerprint density at radius 3 is 2.72 bits per heavy atom. The lowest BCUT2D eigenvalue weighted by atomic mass is 9.76. The van der Waals surface area contributed by atoms with E-state index in [9.17, 15) is 9.90 Å². The molecule has 1 atom stereocenters. The Bertz CT molecular complexity index is 532. The van der Waals surface area contributed by atoms with E-state index >= 15 is 0 Å². The van der Waals surface area contributed by atoms with E-state index in [-0.39, 0.29) is 0 Å². The average Bonchev–Trinajstić information content (AvgIpc) is 2.67. The molecule has 1 aromatic rings. The largest absolute Gasteiger partial charge is 0.480 e. The fraction of sp³-hybridized carbons (Fsp3) is 0.143. The van der Waals surface area contributed by atoms with Gasteiger partial charge in [0.05, 0.1) is 6.21 Å². The molecule has 1 heterocycles. The van der Waals surface area contributed by atoms with Crippen LogP contribution in [0.4, 0.5) is 0 Å². The van der Waals surface area contributed by atoms with Crippen LogP contribution in [0.3, 0.4) is 0 Å². The highest BCUT2D eigenvalue weighted by atomic mass is 16.4. The lowest BCUT2D eigenvalue weighted by Crippen LogP contribution is -2.35. The monoisotopic (exact) mass is 242 g/mol. The first-order valence-electron chi connectivity index (χ1n) is 5.60. The molecule has 0 radical (unpaired) electrons. The van der Waals surface area contributed by atoms with Crippen LogP contribution in [0.5, 0.6) is 0 Å². The number of benzene rings is 1. The van der Waals surface area contributed by atoms with E-state index in [4.69, 9.17) is 0 Å². The molecular weight excluding hydrogens is 228 g/mol. The highest BCUT2D eigenvalue weighted by Crippen LogP contribution is 2.31. The summed E-state index contributed by atoms with van der Waals surface area (Å²) in [4.78, 5) is 11.7. The van der Waals surface area contributed by atoms with Crippen molar-refractivity contribution in [3.63, 3.8) is 0 Å². The summed E-state index contributed by atoms with van der Waals surface area (Å²) in [7, 11) is 0. The predicted molar refractivity (Wildman–Crippen MR) is 70.3 cm³/mol. The fourth-order valence-corrected chi connectivity index (χ4v) is 1.87. The first-order chi connectivity index (χ1) is 8.65. The smallest absolute Gasteiger partial charge is 0.318 e. The van der Waals surface area contributed by atoms with Gasteiger partial charge in [0.2, 0.25) is 0 Å². The van der Waals surface area contributed by atoms with Crippen molar-refractivity contribution in [1.29, 1.82) is 0 Å². The lowest BCUT2D eigenvalue weighted by molar-refractivity contribution is -0.141. The zero-order valence-corrected chi connectivity index (χ0v) is 10.00. The molecule has 1 aliphatic rings. The zero-order valence-electron chi connectivity index (χ0n) is 10.00. The number of hydrogen-bond donors (Lipinski definition) is 2. The fourth-order valence-electron chi connectivity index (χ4n) is 1.87. The molecule has 18 heavy (non-hydrogen) atoms.